The van der Waals surface area contributed by atoms with E-state index < -0.39 is 25.7 Å². The lowest BCUT2D eigenvalue weighted by atomic mass is 9.89. The Labute approximate surface area is 127 Å². The van der Waals surface area contributed by atoms with Crippen LogP contribution in [0.3, 0.4) is 0 Å². The summed E-state index contributed by atoms with van der Waals surface area (Å²) in [5.74, 6) is -0.758. The SMILES string of the molecule is O=C(NCCC1(N=S(=O)=O)C=CC=CC1)C(Cl)(Cl)Cl. The Morgan fingerprint density at radius 2 is 2.05 bits per heavy atom. The molecule has 0 aromatic rings. The fourth-order valence-corrected chi connectivity index (χ4v) is 2.32. The zero-order chi connectivity index (χ0) is 14.5. The van der Waals surface area contributed by atoms with E-state index >= 15 is 0 Å². The molecule has 0 fully saturated rings. The van der Waals surface area contributed by atoms with Gasteiger partial charge in [-0.05, 0) is 12.8 Å². The molecule has 1 amide bonds. The third-order valence-electron chi connectivity index (χ3n) is 2.48. The van der Waals surface area contributed by atoms with Crippen LogP contribution in [0.25, 0.3) is 0 Å². The number of carbonyl (C=O) groups is 1. The smallest absolute Gasteiger partial charge is 0.312 e. The van der Waals surface area contributed by atoms with Crippen molar-refractivity contribution < 1.29 is 13.2 Å². The Hall–Kier alpha value is -0.560. The van der Waals surface area contributed by atoms with Gasteiger partial charge >= 0.3 is 10.5 Å². The molecule has 106 valence electrons. The lowest BCUT2D eigenvalue weighted by molar-refractivity contribution is -0.120. The molecule has 1 unspecified atom stereocenters. The summed E-state index contributed by atoms with van der Waals surface area (Å²) in [6, 6.07) is 0. The van der Waals surface area contributed by atoms with Gasteiger partial charge in [0.25, 0.3) is 9.70 Å². The zero-order valence-corrected chi connectivity index (χ0v) is 12.7. The van der Waals surface area contributed by atoms with E-state index in [0.29, 0.717) is 6.42 Å². The van der Waals surface area contributed by atoms with Crippen molar-refractivity contribution in [3.05, 3.63) is 24.3 Å². The molecule has 1 N–H and O–H groups in total. The summed E-state index contributed by atoms with van der Waals surface area (Å²) in [5, 5.41) is 2.41. The monoisotopic (exact) mass is 344 g/mol. The van der Waals surface area contributed by atoms with E-state index in [1.54, 1.807) is 24.3 Å². The van der Waals surface area contributed by atoms with E-state index in [0.717, 1.165) is 0 Å². The molecule has 0 saturated heterocycles. The van der Waals surface area contributed by atoms with Crippen LogP contribution in [0, 0.1) is 0 Å². The molecule has 0 heterocycles. The molecule has 0 spiro atoms. The zero-order valence-electron chi connectivity index (χ0n) is 9.64. The highest BCUT2D eigenvalue weighted by molar-refractivity contribution is 7.61. The minimum atomic E-state index is -2.53. The Morgan fingerprint density at radius 1 is 1.37 bits per heavy atom. The van der Waals surface area contributed by atoms with Crippen LogP contribution in [-0.4, -0.2) is 30.2 Å². The van der Waals surface area contributed by atoms with Crippen molar-refractivity contribution in [2.45, 2.75) is 22.2 Å². The lowest BCUT2D eigenvalue weighted by Crippen LogP contribution is -2.38. The summed E-state index contributed by atoms with van der Waals surface area (Å²) in [5.41, 5.74) is -0.887. The fourth-order valence-electron chi connectivity index (χ4n) is 1.59. The van der Waals surface area contributed by atoms with Crippen molar-refractivity contribution in [1.82, 2.24) is 5.32 Å². The van der Waals surface area contributed by atoms with Gasteiger partial charge in [0.1, 0.15) is 5.54 Å². The van der Waals surface area contributed by atoms with E-state index in [2.05, 4.69) is 9.68 Å². The predicted octanol–water partition coefficient (Wildman–Crippen LogP) is 2.18. The molecule has 0 saturated carbocycles. The van der Waals surface area contributed by atoms with Gasteiger partial charge in [-0.3, -0.25) is 4.79 Å². The third kappa shape index (κ3) is 5.52. The van der Waals surface area contributed by atoms with E-state index in [1.807, 2.05) is 0 Å². The first-order chi connectivity index (χ1) is 8.75. The van der Waals surface area contributed by atoms with Crippen molar-refractivity contribution in [2.24, 2.45) is 4.36 Å². The molecule has 0 aromatic carbocycles. The van der Waals surface area contributed by atoms with Gasteiger partial charge < -0.3 is 5.32 Å². The van der Waals surface area contributed by atoms with Gasteiger partial charge in [0, 0.05) is 6.54 Å². The molecule has 1 aliphatic carbocycles. The number of hydrogen-bond donors (Lipinski definition) is 1. The summed E-state index contributed by atoms with van der Waals surface area (Å²) in [6.45, 7) is 0.144. The molecule has 19 heavy (non-hydrogen) atoms. The Kier molecular flexibility index (Phi) is 5.85. The normalized spacial score (nSPS) is 22.1. The highest BCUT2D eigenvalue weighted by Crippen LogP contribution is 2.28. The summed E-state index contributed by atoms with van der Waals surface area (Å²) >= 11 is 16.2. The van der Waals surface area contributed by atoms with Crippen LogP contribution in [0.15, 0.2) is 28.7 Å². The standard InChI is InChI=1S/C10H11Cl3N2O3S/c11-10(12,13)8(16)14-7-6-9(15-19(17)18)4-2-1-3-5-9/h1-4H,5-7H2,(H,14,16). The van der Waals surface area contributed by atoms with Gasteiger partial charge in [-0.25, -0.2) is 0 Å². The molecule has 1 rings (SSSR count). The molecular formula is C10H11Cl3N2O3S. The molecule has 0 aromatic heterocycles. The number of halogens is 3. The fraction of sp³-hybridized carbons (Fsp3) is 0.500. The first kappa shape index (κ1) is 16.5. The van der Waals surface area contributed by atoms with E-state index in [9.17, 15) is 13.2 Å². The van der Waals surface area contributed by atoms with Gasteiger partial charge in [0.15, 0.2) is 0 Å². The first-order valence-corrected chi connectivity index (χ1v) is 7.43. The molecule has 0 aliphatic heterocycles. The number of rotatable bonds is 4. The number of allylic oxidation sites excluding steroid dienone is 2. The Balaban J connectivity index is 2.67. The maximum atomic E-state index is 11.3. The highest BCUT2D eigenvalue weighted by atomic mass is 35.6. The van der Waals surface area contributed by atoms with Gasteiger partial charge in [0.05, 0.1) is 0 Å². The van der Waals surface area contributed by atoms with Crippen LogP contribution in [0.4, 0.5) is 0 Å². The van der Waals surface area contributed by atoms with Crippen LogP contribution < -0.4 is 5.32 Å². The number of nitrogens with zero attached hydrogens (tertiary/aromatic N) is 1. The third-order valence-corrected chi connectivity index (χ3v) is 3.51. The molecule has 1 aliphatic rings. The summed E-state index contributed by atoms with van der Waals surface area (Å²) < 4.78 is 23.1. The minimum Gasteiger partial charge on any atom is -0.352 e. The Morgan fingerprint density at radius 3 is 2.53 bits per heavy atom. The summed E-state index contributed by atoms with van der Waals surface area (Å²) in [4.78, 5) is 11.3. The van der Waals surface area contributed by atoms with Crippen molar-refractivity contribution >= 4 is 51.2 Å². The van der Waals surface area contributed by atoms with Gasteiger partial charge in [-0.2, -0.15) is 12.8 Å². The largest absolute Gasteiger partial charge is 0.352 e. The average Bonchev–Trinajstić information content (AvgIpc) is 2.27. The second kappa shape index (κ2) is 6.74. The summed E-state index contributed by atoms with van der Waals surface area (Å²) in [6.07, 6.45) is 7.69. The average molecular weight is 346 g/mol. The molecule has 5 nitrogen and oxygen atoms in total. The number of nitrogens with one attached hydrogen (secondary N) is 1. The second-order valence-electron chi connectivity index (χ2n) is 3.91. The van der Waals surface area contributed by atoms with Crippen molar-refractivity contribution in [3.8, 4) is 0 Å². The van der Waals surface area contributed by atoms with Crippen molar-refractivity contribution in [3.63, 3.8) is 0 Å². The predicted molar refractivity (Wildman–Crippen MR) is 74.9 cm³/mol. The summed E-state index contributed by atoms with van der Waals surface area (Å²) in [7, 11) is -2.53. The number of alkyl halides is 3. The maximum Gasteiger partial charge on any atom is 0.312 e. The molecule has 1 atom stereocenters. The van der Waals surface area contributed by atoms with Crippen LogP contribution in [-0.2, 0) is 15.3 Å². The second-order valence-corrected chi connectivity index (χ2v) is 6.81. The highest BCUT2D eigenvalue weighted by Gasteiger charge is 2.32. The van der Waals surface area contributed by atoms with Gasteiger partial charge in [-0.15, -0.1) is 0 Å². The lowest BCUT2D eigenvalue weighted by Gasteiger charge is -2.25. The topological polar surface area (TPSA) is 75.6 Å². The Bertz CT molecular complexity index is 529. The van der Waals surface area contributed by atoms with Crippen LogP contribution in [0.5, 0.6) is 0 Å². The molecule has 0 radical (unpaired) electrons. The van der Waals surface area contributed by atoms with E-state index in [-0.39, 0.29) is 13.0 Å². The quantitative estimate of drug-likeness (QED) is 0.793. The van der Waals surface area contributed by atoms with Crippen LogP contribution >= 0.6 is 34.8 Å². The number of amides is 1. The first-order valence-electron chi connectivity index (χ1n) is 5.27. The van der Waals surface area contributed by atoms with Gasteiger partial charge in [-0.1, -0.05) is 59.1 Å². The van der Waals surface area contributed by atoms with Gasteiger partial charge in [0.2, 0.25) is 0 Å². The van der Waals surface area contributed by atoms with Crippen molar-refractivity contribution in [1.29, 1.82) is 0 Å². The molecule has 0 bridgehead atoms. The maximum absolute atomic E-state index is 11.3. The van der Waals surface area contributed by atoms with Crippen LogP contribution in [0.1, 0.15) is 12.8 Å². The van der Waals surface area contributed by atoms with Crippen molar-refractivity contribution in [2.75, 3.05) is 6.54 Å². The van der Waals surface area contributed by atoms with E-state index in [1.165, 1.54) is 0 Å². The number of hydrogen-bond acceptors (Lipinski definition) is 4. The molecule has 9 heteroatoms. The van der Waals surface area contributed by atoms with E-state index in [4.69, 9.17) is 34.8 Å². The molecular weight excluding hydrogens is 335 g/mol. The minimum absolute atomic E-state index is 0.144. The van der Waals surface area contributed by atoms with Crippen LogP contribution in [0.2, 0.25) is 0 Å². The number of carbonyl (C=O) groups excluding carboxylic acids is 1.